The van der Waals surface area contributed by atoms with Crippen molar-refractivity contribution in [2.24, 2.45) is 17.2 Å². The van der Waals surface area contributed by atoms with E-state index in [4.69, 9.17) is 16.2 Å². The Bertz CT molecular complexity index is 988. The van der Waals surface area contributed by atoms with E-state index in [2.05, 4.69) is 81.9 Å². The third kappa shape index (κ3) is 22.9. The Morgan fingerprint density at radius 3 is 2.10 bits per heavy atom. The molecule has 1 heterocycles. The van der Waals surface area contributed by atoms with Crippen LogP contribution in [0.25, 0.3) is 0 Å². The number of aromatic amines is 1. The number of nitrogens with two attached hydrogens (primary N) is 3. The van der Waals surface area contributed by atoms with Crippen molar-refractivity contribution in [2.45, 2.75) is 87.4 Å². The van der Waals surface area contributed by atoms with Gasteiger partial charge >= 0.3 is 0 Å². The van der Waals surface area contributed by atoms with Crippen LogP contribution in [0.2, 0.25) is 0 Å². The molecule has 8 heteroatoms. The van der Waals surface area contributed by atoms with Crippen LogP contribution < -0.4 is 28.1 Å². The molecule has 244 valence electrons. The summed E-state index contributed by atoms with van der Waals surface area (Å²) in [4.78, 5) is 16.2. The Labute approximate surface area is 258 Å². The minimum Gasteiger partial charge on any atom is -0.388 e. The molecule has 0 bridgehead atoms. The summed E-state index contributed by atoms with van der Waals surface area (Å²) < 4.78 is 5.21. The fourth-order valence-electron chi connectivity index (χ4n) is 2.95. The van der Waals surface area contributed by atoms with Crippen molar-refractivity contribution in [2.75, 3.05) is 41.3 Å². The van der Waals surface area contributed by atoms with Gasteiger partial charge in [0.25, 0.3) is 5.56 Å². The first-order valence-electron chi connectivity index (χ1n) is 14.8. The molecule has 0 saturated heterocycles. The zero-order valence-corrected chi connectivity index (χ0v) is 29.3. The number of nitrogens with zero attached hydrogens (tertiary/aromatic N) is 1. The van der Waals surface area contributed by atoms with E-state index < -0.39 is 6.23 Å². The molecule has 0 spiro atoms. The fraction of sp³-hybridized carbons (Fsp3) is 0.559. The molecule has 0 aromatic carbocycles. The second-order valence-electron chi connectivity index (χ2n) is 9.65. The van der Waals surface area contributed by atoms with Gasteiger partial charge in [-0.1, -0.05) is 59.4 Å². The van der Waals surface area contributed by atoms with E-state index >= 15 is 0 Å². The molecule has 0 aliphatic rings. The molecule has 0 fully saturated rings. The zero-order valence-electron chi connectivity index (χ0n) is 29.3. The lowest BCUT2D eigenvalue weighted by molar-refractivity contribution is 0.139. The standard InChI is InChI=1S/C17H29N3O.C10H15NO.C4H11N.C2H6.CH5N/c1-7-8-13(4)15(11-20-12(2)3)9-16(14(5)10-18)17(19)21-6;1-4-5-9-6-7(2)11-10(12)8(9)3;1-4-5(2)3;2*1-2/h7-9,11-12,17,20H,1,5,10,18-19H2,2-4,6H3;6H,4-5H2,1-3H3,(H,11,12);4H2,1-3H3;1-2H3;2H2,1H3/b13-8+,15-11+,16-9+;;;;. The Morgan fingerprint density at radius 1 is 1.19 bits per heavy atom. The molecule has 0 radical (unpaired) electrons. The summed E-state index contributed by atoms with van der Waals surface area (Å²) in [5.41, 5.74) is 22.8. The van der Waals surface area contributed by atoms with Gasteiger partial charge in [-0.15, -0.1) is 0 Å². The summed E-state index contributed by atoms with van der Waals surface area (Å²) in [5.74, 6) is 0. The summed E-state index contributed by atoms with van der Waals surface area (Å²) in [6.45, 7) is 27.4. The van der Waals surface area contributed by atoms with Crippen molar-refractivity contribution in [3.05, 3.63) is 93.1 Å². The van der Waals surface area contributed by atoms with Gasteiger partial charge in [0.2, 0.25) is 0 Å². The molecule has 8 N–H and O–H groups in total. The third-order valence-corrected chi connectivity index (χ3v) is 5.60. The van der Waals surface area contributed by atoms with Gasteiger partial charge in [-0.2, -0.15) is 0 Å². The Balaban J connectivity index is -0.000000287. The summed E-state index contributed by atoms with van der Waals surface area (Å²) in [7, 11) is 7.17. The number of allylic oxidation sites excluding steroid dienone is 5. The number of aryl methyl sites for hydroxylation is 2. The molecule has 0 aliphatic heterocycles. The number of aromatic nitrogens is 1. The first-order valence-corrected chi connectivity index (χ1v) is 14.8. The topological polar surface area (TPSA) is 135 Å². The van der Waals surface area contributed by atoms with Gasteiger partial charge in [0, 0.05) is 37.2 Å². The second kappa shape index (κ2) is 29.7. The van der Waals surface area contributed by atoms with Crippen molar-refractivity contribution in [1.82, 2.24) is 15.2 Å². The molecule has 1 aromatic heterocycles. The van der Waals surface area contributed by atoms with Crippen LogP contribution in [0.15, 0.2) is 70.7 Å². The molecule has 0 saturated carbocycles. The predicted molar refractivity (Wildman–Crippen MR) is 188 cm³/mol. The Kier molecular flexibility index (Phi) is 32.7. The maximum absolute atomic E-state index is 11.3. The highest BCUT2D eigenvalue weighted by molar-refractivity contribution is 5.47. The predicted octanol–water partition coefficient (Wildman–Crippen LogP) is 5.49. The van der Waals surface area contributed by atoms with E-state index in [0.717, 1.165) is 52.9 Å². The van der Waals surface area contributed by atoms with Gasteiger partial charge < -0.3 is 37.1 Å². The minimum atomic E-state index is -0.556. The SMILES string of the molecule is C=C/C=C(C)/C(=C/NC(C)C)/C=C(\C(=C)CN)C(N)OC.CC.CCCc1cc(C)[nH]c(=O)c1C.CCN(C)C.CN. The lowest BCUT2D eigenvalue weighted by atomic mass is 9.99. The highest BCUT2D eigenvalue weighted by Crippen LogP contribution is 2.19. The lowest BCUT2D eigenvalue weighted by Gasteiger charge is -2.17. The van der Waals surface area contributed by atoms with Crippen molar-refractivity contribution >= 4 is 0 Å². The molecule has 0 amide bonds. The smallest absolute Gasteiger partial charge is 0.251 e. The number of nitrogens with one attached hydrogen (secondary N) is 2. The maximum Gasteiger partial charge on any atom is 0.251 e. The molecule has 0 aliphatic carbocycles. The van der Waals surface area contributed by atoms with Crippen LogP contribution in [0.1, 0.15) is 71.7 Å². The largest absolute Gasteiger partial charge is 0.388 e. The van der Waals surface area contributed by atoms with Crippen LogP contribution >= 0.6 is 0 Å². The van der Waals surface area contributed by atoms with E-state index in [9.17, 15) is 4.79 Å². The van der Waals surface area contributed by atoms with Crippen molar-refractivity contribution in [3.8, 4) is 0 Å². The molecule has 1 unspecified atom stereocenters. The lowest BCUT2D eigenvalue weighted by Crippen LogP contribution is -2.27. The number of ether oxygens (including phenoxy) is 1. The number of hydrogen-bond donors (Lipinski definition) is 5. The summed E-state index contributed by atoms with van der Waals surface area (Å²) in [6.07, 6.45) is 9.12. The summed E-state index contributed by atoms with van der Waals surface area (Å²) >= 11 is 0. The Morgan fingerprint density at radius 2 is 1.71 bits per heavy atom. The van der Waals surface area contributed by atoms with Gasteiger partial charge in [-0.25, -0.2) is 0 Å². The van der Waals surface area contributed by atoms with Gasteiger partial charge in [-0.05, 0) is 109 Å². The number of rotatable bonds is 12. The number of H-pyrrole nitrogens is 1. The van der Waals surface area contributed by atoms with E-state index in [0.29, 0.717) is 12.6 Å². The highest BCUT2D eigenvalue weighted by Gasteiger charge is 2.12. The molecule has 1 rings (SSSR count). The van der Waals surface area contributed by atoms with Crippen LogP contribution in [-0.2, 0) is 11.2 Å². The second-order valence-corrected chi connectivity index (χ2v) is 9.65. The Hall–Kier alpha value is -2.75. The third-order valence-electron chi connectivity index (χ3n) is 5.60. The van der Waals surface area contributed by atoms with E-state index in [1.54, 1.807) is 13.2 Å². The quantitative estimate of drug-likeness (QED) is 0.161. The molecular weight excluding hydrogens is 524 g/mol. The molecule has 1 aromatic rings. The minimum absolute atomic E-state index is 0.0541. The van der Waals surface area contributed by atoms with Crippen molar-refractivity contribution < 1.29 is 4.74 Å². The molecule has 8 nitrogen and oxygen atoms in total. The molecule has 1 atom stereocenters. The van der Waals surface area contributed by atoms with Crippen molar-refractivity contribution in [3.63, 3.8) is 0 Å². The summed E-state index contributed by atoms with van der Waals surface area (Å²) in [5, 5.41) is 3.28. The number of methoxy groups -OCH3 is 1. The fourth-order valence-corrected chi connectivity index (χ4v) is 2.95. The average Bonchev–Trinajstić information content (AvgIpc) is 2.97. The normalized spacial score (nSPS) is 11.9. The van der Waals surface area contributed by atoms with Gasteiger partial charge in [0.15, 0.2) is 0 Å². The van der Waals surface area contributed by atoms with Crippen LogP contribution in [0.5, 0.6) is 0 Å². The average molecular weight is 591 g/mol. The van der Waals surface area contributed by atoms with Crippen molar-refractivity contribution in [1.29, 1.82) is 0 Å². The molecular formula is C34H66N6O2. The van der Waals surface area contributed by atoms with Gasteiger partial charge in [0.1, 0.15) is 6.23 Å². The number of pyridine rings is 1. The van der Waals surface area contributed by atoms with Crippen LogP contribution in [0.4, 0.5) is 0 Å². The maximum atomic E-state index is 11.3. The van der Waals surface area contributed by atoms with E-state index in [1.165, 1.54) is 12.6 Å². The van der Waals surface area contributed by atoms with E-state index in [1.807, 2.05) is 53.0 Å². The first-order chi connectivity index (χ1) is 19.8. The first kappa shape index (κ1) is 46.2. The number of hydrogen-bond acceptors (Lipinski definition) is 7. The van der Waals surface area contributed by atoms with Gasteiger partial charge in [0.05, 0.1) is 0 Å². The highest BCUT2D eigenvalue weighted by atomic mass is 16.5. The van der Waals surface area contributed by atoms with Crippen LogP contribution in [0.3, 0.4) is 0 Å². The monoisotopic (exact) mass is 591 g/mol. The summed E-state index contributed by atoms with van der Waals surface area (Å²) in [6, 6.07) is 2.39. The molecule has 42 heavy (non-hydrogen) atoms. The van der Waals surface area contributed by atoms with Crippen LogP contribution in [-0.4, -0.2) is 63.5 Å². The van der Waals surface area contributed by atoms with Crippen LogP contribution in [0, 0.1) is 13.8 Å². The van der Waals surface area contributed by atoms with E-state index in [-0.39, 0.29) is 5.56 Å². The zero-order chi connectivity index (χ0) is 33.8. The van der Waals surface area contributed by atoms with Gasteiger partial charge in [-0.3, -0.25) is 4.79 Å².